The standard InChI is InChI=1S/C11H16N2O.C2H6/c1-8(2)9-4-6-10(7-5-9)11(14)13(3)12;1-2/h4-8H,12H2,1-3H3;1-2H3. The van der Waals surface area contributed by atoms with Crippen LogP contribution in [0.2, 0.25) is 0 Å². The lowest BCUT2D eigenvalue weighted by Crippen LogP contribution is -2.33. The third-order valence-electron chi connectivity index (χ3n) is 2.14. The monoisotopic (exact) mass is 222 g/mol. The van der Waals surface area contributed by atoms with Gasteiger partial charge in [-0.15, -0.1) is 0 Å². The van der Waals surface area contributed by atoms with Gasteiger partial charge in [0.25, 0.3) is 5.91 Å². The summed E-state index contributed by atoms with van der Waals surface area (Å²) in [5.74, 6) is 5.66. The first-order valence-electron chi connectivity index (χ1n) is 5.65. The third kappa shape index (κ3) is 4.03. The molecule has 0 heterocycles. The fraction of sp³-hybridized carbons (Fsp3) is 0.462. The Morgan fingerprint density at radius 1 is 1.19 bits per heavy atom. The Bertz CT molecular complexity index is 315. The lowest BCUT2D eigenvalue weighted by molar-refractivity contribution is 0.0795. The smallest absolute Gasteiger partial charge is 0.267 e. The number of nitrogens with zero attached hydrogens (tertiary/aromatic N) is 1. The molecule has 0 radical (unpaired) electrons. The van der Waals surface area contributed by atoms with E-state index in [1.54, 1.807) is 19.2 Å². The SMILES string of the molecule is CC.CC(C)c1ccc(C(=O)N(C)N)cc1. The van der Waals surface area contributed by atoms with E-state index < -0.39 is 0 Å². The highest BCUT2D eigenvalue weighted by Gasteiger charge is 2.08. The molecule has 0 aliphatic heterocycles. The van der Waals surface area contributed by atoms with Crippen molar-refractivity contribution in [2.45, 2.75) is 33.6 Å². The van der Waals surface area contributed by atoms with Crippen LogP contribution < -0.4 is 5.84 Å². The van der Waals surface area contributed by atoms with E-state index >= 15 is 0 Å². The summed E-state index contributed by atoms with van der Waals surface area (Å²) < 4.78 is 0. The summed E-state index contributed by atoms with van der Waals surface area (Å²) in [7, 11) is 1.54. The number of rotatable bonds is 2. The van der Waals surface area contributed by atoms with Gasteiger partial charge in [-0.1, -0.05) is 39.8 Å². The summed E-state index contributed by atoms with van der Waals surface area (Å²) in [5.41, 5.74) is 1.85. The Hall–Kier alpha value is -1.35. The first-order chi connectivity index (χ1) is 7.52. The van der Waals surface area contributed by atoms with Gasteiger partial charge in [0.2, 0.25) is 0 Å². The van der Waals surface area contributed by atoms with Gasteiger partial charge < -0.3 is 0 Å². The Morgan fingerprint density at radius 3 is 1.94 bits per heavy atom. The predicted octanol–water partition coefficient (Wildman–Crippen LogP) is 2.78. The van der Waals surface area contributed by atoms with Crippen LogP contribution in [-0.4, -0.2) is 18.0 Å². The van der Waals surface area contributed by atoms with Crippen LogP contribution in [0.3, 0.4) is 0 Å². The first kappa shape index (κ1) is 14.6. The van der Waals surface area contributed by atoms with Crippen LogP contribution >= 0.6 is 0 Å². The maximum Gasteiger partial charge on any atom is 0.267 e. The zero-order chi connectivity index (χ0) is 12.7. The second-order valence-electron chi connectivity index (χ2n) is 3.69. The fourth-order valence-corrected chi connectivity index (χ4v) is 1.21. The number of benzene rings is 1. The Morgan fingerprint density at radius 2 is 1.62 bits per heavy atom. The molecule has 0 aliphatic carbocycles. The van der Waals surface area contributed by atoms with E-state index in [1.807, 2.05) is 26.0 Å². The van der Waals surface area contributed by atoms with Crippen LogP contribution in [0.4, 0.5) is 0 Å². The van der Waals surface area contributed by atoms with Crippen molar-refractivity contribution in [1.82, 2.24) is 5.01 Å². The summed E-state index contributed by atoms with van der Waals surface area (Å²) in [6.07, 6.45) is 0. The molecule has 3 heteroatoms. The van der Waals surface area contributed by atoms with Gasteiger partial charge in [-0.05, 0) is 23.6 Å². The predicted molar refractivity (Wildman–Crippen MR) is 68.2 cm³/mol. The largest absolute Gasteiger partial charge is 0.280 e. The molecule has 0 aliphatic rings. The normalized spacial score (nSPS) is 9.44. The molecule has 0 unspecified atom stereocenters. The van der Waals surface area contributed by atoms with E-state index in [0.717, 1.165) is 5.01 Å². The minimum Gasteiger partial charge on any atom is -0.280 e. The molecule has 0 saturated carbocycles. The number of amides is 1. The summed E-state index contributed by atoms with van der Waals surface area (Å²) >= 11 is 0. The zero-order valence-corrected chi connectivity index (χ0v) is 10.8. The molecule has 1 aromatic rings. The quantitative estimate of drug-likeness (QED) is 0.475. The van der Waals surface area contributed by atoms with Crippen molar-refractivity contribution >= 4 is 5.91 Å². The van der Waals surface area contributed by atoms with Crippen molar-refractivity contribution in [2.24, 2.45) is 5.84 Å². The number of nitrogens with two attached hydrogens (primary N) is 1. The van der Waals surface area contributed by atoms with Gasteiger partial charge in [-0.2, -0.15) is 0 Å². The van der Waals surface area contributed by atoms with Gasteiger partial charge in [-0.3, -0.25) is 9.80 Å². The average molecular weight is 222 g/mol. The van der Waals surface area contributed by atoms with Gasteiger partial charge in [0.15, 0.2) is 0 Å². The van der Waals surface area contributed by atoms with Crippen molar-refractivity contribution in [1.29, 1.82) is 0 Å². The van der Waals surface area contributed by atoms with Crippen LogP contribution in [-0.2, 0) is 0 Å². The molecule has 0 spiro atoms. The molecule has 90 valence electrons. The minimum absolute atomic E-state index is 0.166. The number of hydrogen-bond acceptors (Lipinski definition) is 2. The van der Waals surface area contributed by atoms with E-state index in [9.17, 15) is 4.79 Å². The molecule has 1 aromatic carbocycles. The summed E-state index contributed by atoms with van der Waals surface area (Å²) in [6.45, 7) is 8.23. The second-order valence-corrected chi connectivity index (χ2v) is 3.69. The molecule has 0 atom stereocenters. The zero-order valence-electron chi connectivity index (χ0n) is 10.8. The molecular weight excluding hydrogens is 200 g/mol. The van der Waals surface area contributed by atoms with Crippen molar-refractivity contribution in [3.8, 4) is 0 Å². The first-order valence-corrected chi connectivity index (χ1v) is 5.65. The van der Waals surface area contributed by atoms with Gasteiger partial charge in [-0.25, -0.2) is 5.84 Å². The molecule has 16 heavy (non-hydrogen) atoms. The van der Waals surface area contributed by atoms with E-state index in [0.29, 0.717) is 11.5 Å². The van der Waals surface area contributed by atoms with E-state index in [4.69, 9.17) is 5.84 Å². The lowest BCUT2D eigenvalue weighted by atomic mass is 10.0. The summed E-state index contributed by atoms with van der Waals surface area (Å²) in [5, 5.41) is 1.09. The van der Waals surface area contributed by atoms with Gasteiger partial charge >= 0.3 is 0 Å². The van der Waals surface area contributed by atoms with Crippen LogP contribution in [0.25, 0.3) is 0 Å². The maximum atomic E-state index is 11.4. The minimum atomic E-state index is -0.166. The van der Waals surface area contributed by atoms with Crippen molar-refractivity contribution in [3.63, 3.8) is 0 Å². The molecule has 0 saturated heterocycles. The maximum absolute atomic E-state index is 11.4. The van der Waals surface area contributed by atoms with Crippen LogP contribution in [0, 0.1) is 0 Å². The topological polar surface area (TPSA) is 46.3 Å². The Labute approximate surface area is 98.2 Å². The Kier molecular flexibility index (Phi) is 6.42. The highest BCUT2D eigenvalue weighted by Crippen LogP contribution is 2.14. The summed E-state index contributed by atoms with van der Waals surface area (Å²) in [6, 6.07) is 7.53. The van der Waals surface area contributed by atoms with Crippen LogP contribution in [0.15, 0.2) is 24.3 Å². The molecule has 1 amide bonds. The Balaban J connectivity index is 0.00000106. The molecule has 1 rings (SSSR count). The van der Waals surface area contributed by atoms with Gasteiger partial charge in [0.1, 0.15) is 0 Å². The number of carbonyl (C=O) groups is 1. The van der Waals surface area contributed by atoms with Crippen molar-refractivity contribution in [3.05, 3.63) is 35.4 Å². The molecule has 0 fully saturated rings. The highest BCUT2D eigenvalue weighted by atomic mass is 16.2. The van der Waals surface area contributed by atoms with Crippen LogP contribution in [0.5, 0.6) is 0 Å². The molecular formula is C13H22N2O. The average Bonchev–Trinajstić information content (AvgIpc) is 2.30. The second kappa shape index (κ2) is 7.01. The number of hydrazine groups is 1. The van der Waals surface area contributed by atoms with Gasteiger partial charge in [0.05, 0.1) is 0 Å². The van der Waals surface area contributed by atoms with Gasteiger partial charge in [0, 0.05) is 12.6 Å². The van der Waals surface area contributed by atoms with Crippen molar-refractivity contribution < 1.29 is 4.79 Å². The van der Waals surface area contributed by atoms with E-state index in [-0.39, 0.29) is 5.91 Å². The molecule has 0 bridgehead atoms. The highest BCUT2D eigenvalue weighted by molar-refractivity contribution is 5.93. The molecule has 2 N–H and O–H groups in total. The fourth-order valence-electron chi connectivity index (χ4n) is 1.21. The lowest BCUT2D eigenvalue weighted by Gasteiger charge is -2.11. The van der Waals surface area contributed by atoms with Crippen molar-refractivity contribution in [2.75, 3.05) is 7.05 Å². The van der Waals surface area contributed by atoms with Crippen LogP contribution in [0.1, 0.15) is 49.5 Å². The third-order valence-corrected chi connectivity index (χ3v) is 2.14. The van der Waals surface area contributed by atoms with E-state index in [2.05, 4.69) is 13.8 Å². The molecule has 3 nitrogen and oxygen atoms in total. The molecule has 0 aromatic heterocycles. The summed E-state index contributed by atoms with van der Waals surface area (Å²) in [4.78, 5) is 11.4. The number of carbonyl (C=O) groups excluding carboxylic acids is 1. The van der Waals surface area contributed by atoms with E-state index in [1.165, 1.54) is 5.56 Å². The number of hydrogen-bond donors (Lipinski definition) is 1.